The van der Waals surface area contributed by atoms with Crippen molar-refractivity contribution >= 4 is 5.78 Å². The van der Waals surface area contributed by atoms with Gasteiger partial charge in [-0.15, -0.1) is 0 Å². The molecule has 0 unspecified atom stereocenters. The summed E-state index contributed by atoms with van der Waals surface area (Å²) in [6, 6.07) is 0. The molecule has 0 bridgehead atoms. The number of hydrogen-bond donors (Lipinski definition) is 3. The van der Waals surface area contributed by atoms with Crippen LogP contribution in [-0.4, -0.2) is 32.8 Å². The Bertz CT molecular complexity index is 734. The topological polar surface area (TPSA) is 87.0 Å². The number of rotatable bonds is 6. The van der Waals surface area contributed by atoms with Crippen LogP contribution in [0.1, 0.15) is 69.4 Å². The van der Waals surface area contributed by atoms with Crippen LogP contribution in [0.4, 0.5) is 0 Å². The van der Waals surface area contributed by atoms with E-state index < -0.39 is 11.7 Å². The second-order valence-corrected chi connectivity index (χ2v) is 8.33. The number of benzene rings is 1. The fraction of sp³-hybridized carbons (Fsp3) is 0.571. The Morgan fingerprint density at radius 3 is 2.38 bits per heavy atom. The number of aromatic hydroxyl groups is 2. The van der Waals surface area contributed by atoms with Crippen molar-refractivity contribution in [3.63, 3.8) is 0 Å². The summed E-state index contributed by atoms with van der Waals surface area (Å²) >= 11 is 0. The van der Waals surface area contributed by atoms with Crippen LogP contribution in [0.15, 0.2) is 11.6 Å². The molecule has 1 heterocycles. The summed E-state index contributed by atoms with van der Waals surface area (Å²) in [6.45, 7) is 11.0. The Hall–Kier alpha value is -2.01. The first kappa shape index (κ1) is 20.3. The number of phenolic OH excluding ortho intramolecular Hbond substituents is 2. The van der Waals surface area contributed by atoms with Crippen molar-refractivity contribution in [3.05, 3.63) is 28.3 Å². The number of carbonyl (C=O) groups excluding carboxylic acids is 1. The first-order valence-electron chi connectivity index (χ1n) is 9.08. The average Bonchev–Trinajstić information content (AvgIpc) is 2.91. The molecule has 3 N–H and O–H groups in total. The lowest BCUT2D eigenvalue weighted by atomic mass is 9.90. The van der Waals surface area contributed by atoms with E-state index in [2.05, 4.69) is 0 Å². The highest BCUT2D eigenvalue weighted by molar-refractivity contribution is 6.03. The highest BCUT2D eigenvalue weighted by Crippen LogP contribution is 2.48. The molecule has 0 spiro atoms. The van der Waals surface area contributed by atoms with E-state index in [0.29, 0.717) is 17.5 Å². The van der Waals surface area contributed by atoms with Gasteiger partial charge in [0.1, 0.15) is 28.9 Å². The molecule has 5 heteroatoms. The minimum Gasteiger partial charge on any atom is -0.507 e. The summed E-state index contributed by atoms with van der Waals surface area (Å²) in [5.41, 5.74) is 0.844. The molecule has 1 aliphatic heterocycles. The summed E-state index contributed by atoms with van der Waals surface area (Å²) in [4.78, 5) is 12.8. The minimum atomic E-state index is -1.14. The quantitative estimate of drug-likeness (QED) is 0.527. The molecule has 144 valence electrons. The van der Waals surface area contributed by atoms with Crippen molar-refractivity contribution in [3.8, 4) is 17.2 Å². The van der Waals surface area contributed by atoms with E-state index in [0.717, 1.165) is 5.57 Å². The zero-order valence-electron chi connectivity index (χ0n) is 16.5. The van der Waals surface area contributed by atoms with E-state index in [-0.39, 0.29) is 47.4 Å². The molecule has 26 heavy (non-hydrogen) atoms. The van der Waals surface area contributed by atoms with Crippen LogP contribution in [0.3, 0.4) is 0 Å². The Morgan fingerprint density at radius 1 is 1.27 bits per heavy atom. The van der Waals surface area contributed by atoms with E-state index in [9.17, 15) is 20.1 Å². The maximum atomic E-state index is 12.8. The molecule has 0 saturated heterocycles. The number of fused-ring (bicyclic) bond motifs is 1. The van der Waals surface area contributed by atoms with Gasteiger partial charge in [-0.05, 0) is 40.0 Å². The molecule has 0 fully saturated rings. The predicted octanol–water partition coefficient (Wildman–Crippen LogP) is 3.91. The van der Waals surface area contributed by atoms with Gasteiger partial charge in [-0.3, -0.25) is 4.79 Å². The molecule has 2 rings (SSSR count). The maximum Gasteiger partial charge on any atom is 0.170 e. The largest absolute Gasteiger partial charge is 0.507 e. The van der Waals surface area contributed by atoms with Gasteiger partial charge in [-0.25, -0.2) is 0 Å². The Labute approximate surface area is 155 Å². The molecule has 1 aromatic rings. The first-order valence-corrected chi connectivity index (χ1v) is 9.08. The number of ether oxygens (including phenoxy) is 1. The Morgan fingerprint density at radius 2 is 1.88 bits per heavy atom. The number of carbonyl (C=O) groups is 1. The third-order valence-corrected chi connectivity index (χ3v) is 4.62. The summed E-state index contributed by atoms with van der Waals surface area (Å²) in [7, 11) is 0. The lowest BCUT2D eigenvalue weighted by Crippen LogP contribution is -2.39. The smallest absolute Gasteiger partial charge is 0.170 e. The second kappa shape index (κ2) is 7.31. The molecule has 0 aromatic heterocycles. The molecular formula is C21H30O5. The second-order valence-electron chi connectivity index (χ2n) is 8.33. The van der Waals surface area contributed by atoms with E-state index in [1.807, 2.05) is 33.8 Å². The molecule has 1 atom stereocenters. The van der Waals surface area contributed by atoms with Gasteiger partial charge >= 0.3 is 0 Å². The van der Waals surface area contributed by atoms with Crippen LogP contribution in [0.5, 0.6) is 17.2 Å². The van der Waals surface area contributed by atoms with E-state index >= 15 is 0 Å². The van der Waals surface area contributed by atoms with Crippen molar-refractivity contribution in [2.24, 2.45) is 5.92 Å². The summed E-state index contributed by atoms with van der Waals surface area (Å²) in [5.74, 6) is -0.162. The van der Waals surface area contributed by atoms with Crippen molar-refractivity contribution in [1.82, 2.24) is 0 Å². The van der Waals surface area contributed by atoms with E-state index in [4.69, 9.17) is 4.74 Å². The molecule has 1 aromatic carbocycles. The number of ketones is 1. The Kier molecular flexibility index (Phi) is 5.71. The fourth-order valence-corrected chi connectivity index (χ4v) is 3.12. The Balaban J connectivity index is 2.63. The van der Waals surface area contributed by atoms with Crippen LogP contribution in [0, 0.1) is 5.92 Å². The summed E-state index contributed by atoms with van der Waals surface area (Å²) in [5, 5.41) is 31.8. The monoisotopic (exact) mass is 362 g/mol. The zero-order valence-corrected chi connectivity index (χ0v) is 16.5. The highest BCUT2D eigenvalue weighted by atomic mass is 16.5. The van der Waals surface area contributed by atoms with Crippen LogP contribution >= 0.6 is 0 Å². The van der Waals surface area contributed by atoms with E-state index in [1.165, 1.54) is 0 Å². The van der Waals surface area contributed by atoms with Gasteiger partial charge in [0.05, 0.1) is 5.60 Å². The van der Waals surface area contributed by atoms with Crippen molar-refractivity contribution in [2.45, 2.75) is 72.5 Å². The SMILES string of the molecule is CC(C)=CCc1c(O)c2c(c(C(=O)CC(C)C)c1O)O[C@H](C(C)(C)O)C2. The van der Waals surface area contributed by atoms with Gasteiger partial charge < -0.3 is 20.1 Å². The van der Waals surface area contributed by atoms with Gasteiger partial charge in [-0.2, -0.15) is 0 Å². The van der Waals surface area contributed by atoms with Crippen LogP contribution < -0.4 is 4.74 Å². The van der Waals surface area contributed by atoms with Crippen LogP contribution in [-0.2, 0) is 12.8 Å². The number of hydrogen-bond acceptors (Lipinski definition) is 5. The van der Waals surface area contributed by atoms with Gasteiger partial charge in [-0.1, -0.05) is 25.5 Å². The summed E-state index contributed by atoms with van der Waals surface area (Å²) in [6.07, 6.45) is 2.17. The lowest BCUT2D eigenvalue weighted by Gasteiger charge is -2.25. The third-order valence-electron chi connectivity index (χ3n) is 4.62. The van der Waals surface area contributed by atoms with Crippen LogP contribution in [0.2, 0.25) is 0 Å². The zero-order chi connectivity index (χ0) is 19.8. The van der Waals surface area contributed by atoms with Gasteiger partial charge in [0.2, 0.25) is 0 Å². The molecular weight excluding hydrogens is 332 g/mol. The lowest BCUT2D eigenvalue weighted by molar-refractivity contribution is -0.0232. The maximum absolute atomic E-state index is 12.8. The van der Waals surface area contributed by atoms with Crippen molar-refractivity contribution in [2.75, 3.05) is 0 Å². The highest BCUT2D eigenvalue weighted by Gasteiger charge is 2.40. The van der Waals surface area contributed by atoms with Gasteiger partial charge in [0.25, 0.3) is 0 Å². The van der Waals surface area contributed by atoms with E-state index in [1.54, 1.807) is 13.8 Å². The molecule has 5 nitrogen and oxygen atoms in total. The van der Waals surface area contributed by atoms with Crippen LogP contribution in [0.25, 0.3) is 0 Å². The van der Waals surface area contributed by atoms with Crippen molar-refractivity contribution < 1.29 is 24.9 Å². The van der Waals surface area contributed by atoms with Gasteiger partial charge in [0.15, 0.2) is 5.78 Å². The third kappa shape index (κ3) is 4.04. The number of Topliss-reactive ketones (excluding diaryl/α,β-unsaturated/α-hetero) is 1. The normalized spacial score (nSPS) is 16.4. The van der Waals surface area contributed by atoms with Gasteiger partial charge in [0, 0.05) is 24.0 Å². The molecule has 0 saturated carbocycles. The predicted molar refractivity (Wildman–Crippen MR) is 101 cm³/mol. The number of phenols is 2. The first-order chi connectivity index (χ1) is 11.9. The standard InChI is InChI=1S/C21H30O5/c1-11(2)7-8-13-18(23)14-10-16(21(5,6)25)26-20(14)17(19(13)24)15(22)9-12(3)4/h7,12,16,23-25H,8-10H2,1-6H3/t16-/m0/s1. The minimum absolute atomic E-state index is 0.0529. The number of aliphatic hydroxyl groups is 1. The molecule has 1 aliphatic rings. The van der Waals surface area contributed by atoms with Crippen molar-refractivity contribution in [1.29, 1.82) is 0 Å². The summed E-state index contributed by atoms with van der Waals surface area (Å²) < 4.78 is 5.84. The molecule has 0 radical (unpaired) electrons. The fourth-order valence-electron chi connectivity index (χ4n) is 3.12. The number of allylic oxidation sites excluding steroid dienone is 2. The average molecular weight is 362 g/mol. The molecule has 0 aliphatic carbocycles. The molecule has 0 amide bonds.